The largest absolute Gasteiger partial charge is 0.482 e. The molecule has 0 unspecified atom stereocenters. The van der Waals surface area contributed by atoms with Crippen molar-refractivity contribution >= 4 is 17.5 Å². The predicted octanol–water partition coefficient (Wildman–Crippen LogP) is 2.39. The summed E-state index contributed by atoms with van der Waals surface area (Å²) in [5, 5.41) is 0.517. The average Bonchev–Trinajstić information content (AvgIpc) is 2.97. The third-order valence-electron chi connectivity index (χ3n) is 4.13. The van der Waals surface area contributed by atoms with Gasteiger partial charge in [-0.05, 0) is 24.6 Å². The van der Waals surface area contributed by atoms with Crippen LogP contribution in [0.15, 0.2) is 18.2 Å². The Morgan fingerprint density at radius 3 is 2.68 bits per heavy atom. The van der Waals surface area contributed by atoms with Gasteiger partial charge >= 0.3 is 0 Å². The van der Waals surface area contributed by atoms with Gasteiger partial charge in [-0.15, -0.1) is 0 Å². The Balaban J connectivity index is 1.51. The summed E-state index contributed by atoms with van der Waals surface area (Å²) in [6.07, 6.45) is 1.42. The van der Waals surface area contributed by atoms with Crippen molar-refractivity contribution in [3.8, 4) is 5.75 Å². The maximum Gasteiger partial charge on any atom is 0.260 e. The van der Waals surface area contributed by atoms with Gasteiger partial charge in [0, 0.05) is 25.9 Å². The van der Waals surface area contributed by atoms with Crippen LogP contribution in [0.4, 0.5) is 0 Å². The number of amides is 1. The molecule has 22 heavy (non-hydrogen) atoms. The smallest absolute Gasteiger partial charge is 0.260 e. The van der Waals surface area contributed by atoms with Crippen LogP contribution in [0.1, 0.15) is 18.4 Å². The minimum absolute atomic E-state index is 0.00210. The third kappa shape index (κ3) is 3.37. The summed E-state index contributed by atoms with van der Waals surface area (Å²) in [5.41, 5.74) is 1.04. The lowest BCUT2D eigenvalue weighted by Crippen LogP contribution is -2.48. The maximum absolute atomic E-state index is 12.2. The zero-order valence-corrected chi connectivity index (χ0v) is 13.4. The van der Waals surface area contributed by atoms with Gasteiger partial charge in [-0.3, -0.25) is 4.79 Å². The van der Waals surface area contributed by atoms with E-state index < -0.39 is 5.79 Å². The number of nitrogens with zero attached hydrogens (tertiary/aromatic N) is 1. The van der Waals surface area contributed by atoms with E-state index in [0.29, 0.717) is 49.9 Å². The van der Waals surface area contributed by atoms with Crippen molar-refractivity contribution in [1.29, 1.82) is 0 Å². The Labute approximate surface area is 135 Å². The van der Waals surface area contributed by atoms with Crippen molar-refractivity contribution in [2.75, 3.05) is 32.9 Å². The van der Waals surface area contributed by atoms with Crippen molar-refractivity contribution < 1.29 is 19.0 Å². The number of carbonyl (C=O) groups excluding carboxylic acids is 1. The normalized spacial score (nSPS) is 20.4. The highest BCUT2D eigenvalue weighted by Crippen LogP contribution is 2.31. The fourth-order valence-corrected chi connectivity index (χ4v) is 3.01. The topological polar surface area (TPSA) is 48.0 Å². The highest BCUT2D eigenvalue weighted by atomic mass is 35.5. The molecule has 6 heteroatoms. The van der Waals surface area contributed by atoms with E-state index in [4.69, 9.17) is 25.8 Å². The molecule has 0 bridgehead atoms. The highest BCUT2D eigenvalue weighted by molar-refractivity contribution is 6.32. The number of piperidine rings is 1. The number of ether oxygens (including phenoxy) is 3. The van der Waals surface area contributed by atoms with Crippen molar-refractivity contribution in [1.82, 2.24) is 4.90 Å². The fraction of sp³-hybridized carbons (Fsp3) is 0.562. The van der Waals surface area contributed by atoms with Crippen LogP contribution in [0.3, 0.4) is 0 Å². The molecule has 1 amide bonds. The molecule has 2 aliphatic rings. The number of likely N-dealkylation sites (tertiary alicyclic amines) is 1. The first-order valence-corrected chi connectivity index (χ1v) is 7.90. The molecule has 0 radical (unpaired) electrons. The fourth-order valence-electron chi connectivity index (χ4n) is 2.83. The quantitative estimate of drug-likeness (QED) is 0.856. The van der Waals surface area contributed by atoms with E-state index in [2.05, 4.69) is 0 Å². The van der Waals surface area contributed by atoms with E-state index in [-0.39, 0.29) is 12.5 Å². The highest BCUT2D eigenvalue weighted by Gasteiger charge is 2.40. The summed E-state index contributed by atoms with van der Waals surface area (Å²) < 4.78 is 16.9. The molecule has 120 valence electrons. The van der Waals surface area contributed by atoms with Crippen LogP contribution < -0.4 is 4.74 Å². The van der Waals surface area contributed by atoms with E-state index in [9.17, 15) is 4.79 Å². The second kappa shape index (κ2) is 6.44. The summed E-state index contributed by atoms with van der Waals surface area (Å²) in [4.78, 5) is 14.0. The van der Waals surface area contributed by atoms with E-state index >= 15 is 0 Å². The monoisotopic (exact) mass is 325 g/mol. The number of halogens is 1. The van der Waals surface area contributed by atoms with Crippen molar-refractivity contribution in [2.45, 2.75) is 25.6 Å². The molecule has 0 aromatic heterocycles. The number of rotatable bonds is 3. The molecule has 0 aliphatic carbocycles. The SMILES string of the molecule is Cc1ccc(Cl)c(OCC(=O)N2CCC3(CC2)OCCO3)c1. The number of hydrogen-bond acceptors (Lipinski definition) is 4. The molecular formula is C16H20ClNO4. The molecule has 1 aromatic carbocycles. The minimum Gasteiger partial charge on any atom is -0.482 e. The Bertz CT molecular complexity index is 547. The molecule has 2 saturated heterocycles. The number of carbonyl (C=O) groups is 1. The van der Waals surface area contributed by atoms with Gasteiger partial charge < -0.3 is 19.1 Å². The van der Waals surface area contributed by atoms with Gasteiger partial charge in [0.05, 0.1) is 18.2 Å². The zero-order valence-electron chi connectivity index (χ0n) is 12.6. The van der Waals surface area contributed by atoms with Gasteiger partial charge in [-0.2, -0.15) is 0 Å². The second-order valence-corrected chi connectivity index (χ2v) is 6.12. The van der Waals surface area contributed by atoms with Gasteiger partial charge in [0.15, 0.2) is 12.4 Å². The number of hydrogen-bond donors (Lipinski definition) is 0. The van der Waals surface area contributed by atoms with E-state index in [0.717, 1.165) is 5.56 Å². The zero-order chi connectivity index (χ0) is 15.6. The first-order valence-electron chi connectivity index (χ1n) is 7.53. The maximum atomic E-state index is 12.2. The van der Waals surface area contributed by atoms with Crippen LogP contribution in [0, 0.1) is 6.92 Å². The van der Waals surface area contributed by atoms with Crippen LogP contribution in [0.25, 0.3) is 0 Å². The molecule has 3 rings (SSSR count). The summed E-state index contributed by atoms with van der Waals surface area (Å²) in [6, 6.07) is 5.51. The van der Waals surface area contributed by atoms with Gasteiger partial charge in [-0.1, -0.05) is 17.7 Å². The minimum atomic E-state index is -0.461. The first-order chi connectivity index (χ1) is 10.6. The molecule has 0 saturated carbocycles. The molecule has 0 atom stereocenters. The van der Waals surface area contributed by atoms with Crippen molar-refractivity contribution in [3.63, 3.8) is 0 Å². The average molecular weight is 326 g/mol. The van der Waals surface area contributed by atoms with Gasteiger partial charge in [0.1, 0.15) is 5.75 Å². The standard InChI is InChI=1S/C16H20ClNO4/c1-12-2-3-13(17)14(10-12)20-11-15(19)18-6-4-16(5-7-18)21-8-9-22-16/h2-3,10H,4-9,11H2,1H3. The van der Waals surface area contributed by atoms with Gasteiger partial charge in [0.25, 0.3) is 5.91 Å². The first kappa shape index (κ1) is 15.6. The third-order valence-corrected chi connectivity index (χ3v) is 4.44. The Hall–Kier alpha value is -1.30. The van der Waals surface area contributed by atoms with E-state index in [1.807, 2.05) is 19.1 Å². The predicted molar refractivity (Wildman–Crippen MR) is 82.1 cm³/mol. The lowest BCUT2D eigenvalue weighted by Gasteiger charge is -2.37. The number of aryl methyl sites for hydroxylation is 1. The molecule has 2 heterocycles. The lowest BCUT2D eigenvalue weighted by molar-refractivity contribution is -0.187. The molecular weight excluding hydrogens is 306 g/mol. The molecule has 2 fully saturated rings. The van der Waals surface area contributed by atoms with Crippen LogP contribution in [-0.2, 0) is 14.3 Å². The summed E-state index contributed by atoms with van der Waals surface area (Å²) in [7, 11) is 0. The second-order valence-electron chi connectivity index (χ2n) is 5.71. The summed E-state index contributed by atoms with van der Waals surface area (Å²) in [6.45, 7) is 4.49. The van der Waals surface area contributed by atoms with Crippen LogP contribution in [0.5, 0.6) is 5.75 Å². The molecule has 1 spiro atoms. The van der Waals surface area contributed by atoms with Crippen LogP contribution >= 0.6 is 11.6 Å². The lowest BCUT2D eigenvalue weighted by atomic mass is 10.0. The Morgan fingerprint density at radius 2 is 2.00 bits per heavy atom. The summed E-state index contributed by atoms with van der Waals surface area (Å²) in [5.74, 6) is 0.0497. The Kier molecular flexibility index (Phi) is 4.57. The molecule has 0 N–H and O–H groups in total. The molecule has 1 aromatic rings. The van der Waals surface area contributed by atoms with Crippen LogP contribution in [-0.4, -0.2) is 49.5 Å². The van der Waals surface area contributed by atoms with Crippen molar-refractivity contribution in [3.05, 3.63) is 28.8 Å². The van der Waals surface area contributed by atoms with Gasteiger partial charge in [0.2, 0.25) is 0 Å². The van der Waals surface area contributed by atoms with Gasteiger partial charge in [-0.25, -0.2) is 0 Å². The van der Waals surface area contributed by atoms with Crippen LogP contribution in [0.2, 0.25) is 5.02 Å². The van der Waals surface area contributed by atoms with Crippen molar-refractivity contribution in [2.24, 2.45) is 0 Å². The molecule has 5 nitrogen and oxygen atoms in total. The summed E-state index contributed by atoms with van der Waals surface area (Å²) >= 11 is 6.06. The number of benzene rings is 1. The Morgan fingerprint density at radius 1 is 1.32 bits per heavy atom. The van der Waals surface area contributed by atoms with E-state index in [1.165, 1.54) is 0 Å². The molecule has 2 aliphatic heterocycles. The van der Waals surface area contributed by atoms with E-state index in [1.54, 1.807) is 11.0 Å².